The maximum Gasteiger partial charge on any atom is 0.416 e. The number of benzene rings is 1. The summed E-state index contributed by atoms with van der Waals surface area (Å²) in [6.45, 7) is 0. The monoisotopic (exact) mass is 450 g/mol. The molecule has 0 bridgehead atoms. The average Bonchev–Trinajstić information content (AvgIpc) is 2.99. The fourth-order valence-corrected chi connectivity index (χ4v) is 3.58. The van der Waals surface area contributed by atoms with Crippen molar-refractivity contribution in [2.75, 3.05) is 26.2 Å². The van der Waals surface area contributed by atoms with Crippen LogP contribution in [-0.4, -0.2) is 32.2 Å². The van der Waals surface area contributed by atoms with E-state index in [1.165, 1.54) is 37.5 Å². The number of methoxy groups -OCH3 is 2. The second kappa shape index (κ2) is 8.09. The van der Waals surface area contributed by atoms with Crippen molar-refractivity contribution in [2.24, 2.45) is 0 Å². The second-order valence-electron chi connectivity index (χ2n) is 4.99. The number of ether oxygens (including phenoxy) is 2. The molecule has 26 heavy (non-hydrogen) atoms. The van der Waals surface area contributed by atoms with Crippen molar-refractivity contribution in [1.82, 2.24) is 4.98 Å². The number of halogens is 4. The van der Waals surface area contributed by atoms with Gasteiger partial charge in [0, 0.05) is 12.6 Å². The zero-order chi connectivity index (χ0) is 19.5. The molecule has 0 aliphatic heterocycles. The molecular formula is C16H14BrF3N2O3S. The smallest absolute Gasteiger partial charge is 0.416 e. The van der Waals surface area contributed by atoms with E-state index in [4.69, 9.17) is 9.47 Å². The predicted octanol–water partition coefficient (Wildman–Crippen LogP) is 4.69. The molecule has 140 valence electrons. The first-order chi connectivity index (χ1) is 12.2. The molecule has 0 fully saturated rings. The lowest BCUT2D eigenvalue weighted by Gasteiger charge is -2.17. The van der Waals surface area contributed by atoms with Gasteiger partial charge in [-0.2, -0.15) is 13.2 Å². The summed E-state index contributed by atoms with van der Waals surface area (Å²) < 4.78 is 48.9. The van der Waals surface area contributed by atoms with Gasteiger partial charge in [-0.05, 0) is 28.1 Å². The first-order valence-electron chi connectivity index (χ1n) is 7.08. The van der Waals surface area contributed by atoms with Crippen LogP contribution in [0.15, 0.2) is 40.0 Å². The van der Waals surface area contributed by atoms with Gasteiger partial charge in [-0.3, -0.25) is 0 Å². The minimum absolute atomic E-state index is 0.0897. The van der Waals surface area contributed by atoms with E-state index in [1.54, 1.807) is 7.05 Å². The first kappa shape index (κ1) is 20.2. The van der Waals surface area contributed by atoms with Crippen LogP contribution in [0.1, 0.15) is 5.56 Å². The van der Waals surface area contributed by atoms with E-state index in [0.29, 0.717) is 20.2 Å². The van der Waals surface area contributed by atoms with E-state index < -0.39 is 17.7 Å². The summed E-state index contributed by atoms with van der Waals surface area (Å²) >= 11 is 4.48. The van der Waals surface area contributed by atoms with Crippen LogP contribution in [0.25, 0.3) is 11.3 Å². The van der Waals surface area contributed by atoms with Crippen LogP contribution >= 0.6 is 27.3 Å². The van der Waals surface area contributed by atoms with Gasteiger partial charge in [-0.25, -0.2) is 9.78 Å². The highest BCUT2D eigenvalue weighted by Gasteiger charge is 2.31. The minimum atomic E-state index is -4.45. The van der Waals surface area contributed by atoms with Crippen LogP contribution < -0.4 is 4.90 Å². The van der Waals surface area contributed by atoms with Crippen LogP contribution in [0, 0.1) is 0 Å². The fraction of sp³-hybridized carbons (Fsp3) is 0.250. The van der Waals surface area contributed by atoms with Crippen LogP contribution in [0.4, 0.5) is 18.3 Å². The summed E-state index contributed by atoms with van der Waals surface area (Å²) in [4.78, 5) is 17.6. The van der Waals surface area contributed by atoms with E-state index in [1.807, 2.05) is 0 Å². The fourth-order valence-electron chi connectivity index (χ4n) is 2.04. The Labute approximate surface area is 160 Å². The third-order valence-electron chi connectivity index (χ3n) is 3.31. The Morgan fingerprint density at radius 1 is 1.35 bits per heavy atom. The Kier molecular flexibility index (Phi) is 6.30. The maximum absolute atomic E-state index is 12.9. The zero-order valence-electron chi connectivity index (χ0n) is 13.9. The number of hydrogen-bond donors (Lipinski definition) is 0. The number of carbonyl (C=O) groups is 1. The molecule has 0 aliphatic carbocycles. The number of carbonyl (C=O) groups excluding carboxylic acids is 1. The molecule has 0 saturated heterocycles. The van der Waals surface area contributed by atoms with Crippen LogP contribution in [0.5, 0.6) is 0 Å². The molecule has 0 aliphatic rings. The van der Waals surface area contributed by atoms with Crippen molar-refractivity contribution >= 4 is 38.4 Å². The van der Waals surface area contributed by atoms with E-state index >= 15 is 0 Å². The standard InChI is InChI=1S/C16H14BrF3N2O3S/c1-22(11(8-24-2)14(23)25-3)15-21-12(13(17)26-15)9-5-4-6-10(7-9)16(18,19)20/h4-8H,1-3H3. The van der Waals surface area contributed by atoms with Gasteiger partial charge in [-0.1, -0.05) is 23.5 Å². The molecule has 5 nitrogen and oxygen atoms in total. The number of esters is 1. The topological polar surface area (TPSA) is 51.7 Å². The van der Waals surface area contributed by atoms with Gasteiger partial charge in [0.25, 0.3) is 0 Å². The lowest BCUT2D eigenvalue weighted by molar-refractivity contribution is -0.138. The molecule has 1 aromatic carbocycles. The number of aromatic nitrogens is 1. The molecule has 0 unspecified atom stereocenters. The van der Waals surface area contributed by atoms with Crippen LogP contribution in [0.2, 0.25) is 0 Å². The third kappa shape index (κ3) is 4.36. The van der Waals surface area contributed by atoms with E-state index in [2.05, 4.69) is 20.9 Å². The highest BCUT2D eigenvalue weighted by atomic mass is 79.9. The molecule has 1 aromatic heterocycles. The number of nitrogens with zero attached hydrogens (tertiary/aromatic N) is 2. The molecule has 0 spiro atoms. The Bertz CT molecular complexity index is 836. The van der Waals surface area contributed by atoms with E-state index in [0.717, 1.165) is 23.5 Å². The van der Waals surface area contributed by atoms with Crippen molar-refractivity contribution in [3.05, 3.63) is 45.6 Å². The van der Waals surface area contributed by atoms with Gasteiger partial charge in [0.15, 0.2) is 10.8 Å². The highest BCUT2D eigenvalue weighted by molar-refractivity contribution is 9.11. The van der Waals surface area contributed by atoms with E-state index in [9.17, 15) is 18.0 Å². The lowest BCUT2D eigenvalue weighted by atomic mass is 10.1. The van der Waals surface area contributed by atoms with Gasteiger partial charge < -0.3 is 14.4 Å². The molecule has 1 heterocycles. The number of hydrogen-bond acceptors (Lipinski definition) is 6. The van der Waals surface area contributed by atoms with Crippen molar-refractivity contribution in [2.45, 2.75) is 6.18 Å². The first-order valence-corrected chi connectivity index (χ1v) is 8.69. The molecule has 0 N–H and O–H groups in total. The van der Waals surface area contributed by atoms with Gasteiger partial charge in [0.2, 0.25) is 0 Å². The number of thiazole rings is 1. The second-order valence-corrected chi connectivity index (χ2v) is 7.28. The normalized spacial score (nSPS) is 12.0. The van der Waals surface area contributed by atoms with Crippen LogP contribution in [0.3, 0.4) is 0 Å². The van der Waals surface area contributed by atoms with Gasteiger partial charge in [0.05, 0.1) is 29.3 Å². The molecule has 2 rings (SSSR count). The summed E-state index contributed by atoms with van der Waals surface area (Å²) in [6.07, 6.45) is -3.25. The summed E-state index contributed by atoms with van der Waals surface area (Å²) in [6, 6.07) is 4.87. The minimum Gasteiger partial charge on any atom is -0.502 e. The summed E-state index contributed by atoms with van der Waals surface area (Å²) in [7, 11) is 4.18. The van der Waals surface area contributed by atoms with Crippen LogP contribution in [-0.2, 0) is 20.4 Å². The Morgan fingerprint density at radius 2 is 2.04 bits per heavy atom. The molecule has 0 amide bonds. The number of rotatable bonds is 5. The molecule has 10 heteroatoms. The SMILES string of the molecule is COC=C(C(=O)OC)N(C)c1nc(-c2cccc(C(F)(F)F)c2)c(Br)s1. The summed E-state index contributed by atoms with van der Waals surface area (Å²) in [5.41, 5.74) is -0.0336. The summed E-state index contributed by atoms with van der Waals surface area (Å²) in [5.74, 6) is -0.638. The third-order valence-corrected chi connectivity index (χ3v) is 5.09. The van der Waals surface area contributed by atoms with E-state index in [-0.39, 0.29) is 5.70 Å². The number of anilines is 1. The molecule has 0 atom stereocenters. The Balaban J connectivity index is 2.43. The molecular weight excluding hydrogens is 437 g/mol. The lowest BCUT2D eigenvalue weighted by Crippen LogP contribution is -2.24. The van der Waals surface area contributed by atoms with Gasteiger partial charge >= 0.3 is 12.1 Å². The van der Waals surface area contributed by atoms with Crippen molar-refractivity contribution in [1.29, 1.82) is 0 Å². The quantitative estimate of drug-likeness (QED) is 0.375. The Morgan fingerprint density at radius 3 is 2.62 bits per heavy atom. The number of alkyl halides is 3. The zero-order valence-corrected chi connectivity index (χ0v) is 16.3. The maximum atomic E-state index is 12.9. The van der Waals surface area contributed by atoms with Crippen molar-refractivity contribution < 1.29 is 27.4 Å². The van der Waals surface area contributed by atoms with Gasteiger partial charge in [-0.15, -0.1) is 0 Å². The number of likely N-dealkylation sites (N-methyl/N-ethyl adjacent to an activating group) is 1. The highest BCUT2D eigenvalue weighted by Crippen LogP contribution is 2.39. The average molecular weight is 451 g/mol. The van der Waals surface area contributed by atoms with Crippen molar-refractivity contribution in [3.63, 3.8) is 0 Å². The summed E-state index contributed by atoms with van der Waals surface area (Å²) in [5, 5.41) is 0.373. The predicted molar refractivity (Wildman–Crippen MR) is 95.8 cm³/mol. The van der Waals surface area contributed by atoms with Crippen molar-refractivity contribution in [3.8, 4) is 11.3 Å². The largest absolute Gasteiger partial charge is 0.502 e. The molecule has 0 saturated carbocycles. The molecule has 0 radical (unpaired) electrons. The Hall–Kier alpha value is -2.07. The molecule has 2 aromatic rings. The van der Waals surface area contributed by atoms with Gasteiger partial charge in [0.1, 0.15) is 6.26 Å².